The molecule has 0 bridgehead atoms. The summed E-state index contributed by atoms with van der Waals surface area (Å²) < 4.78 is 5.07. The molecular weight excluding hydrogens is 258 g/mol. The van der Waals surface area contributed by atoms with Crippen molar-refractivity contribution in [2.45, 2.75) is 0 Å². The first-order valence-electron chi connectivity index (χ1n) is 5.84. The molecule has 104 valence electrons. The Labute approximate surface area is 116 Å². The lowest BCUT2D eigenvalue weighted by Gasteiger charge is -2.21. The molecule has 0 spiro atoms. The summed E-state index contributed by atoms with van der Waals surface area (Å²) >= 11 is 0. The minimum atomic E-state index is -1.03. The molecule has 0 saturated heterocycles. The molecule has 6 nitrogen and oxygen atoms in total. The largest absolute Gasteiger partial charge is 0.497 e. The highest BCUT2D eigenvalue weighted by atomic mass is 16.5. The molecule has 2 rings (SSSR count). The van der Waals surface area contributed by atoms with Gasteiger partial charge < -0.3 is 15.6 Å². The molecule has 5 N–H and O–H groups in total. The molecule has 0 saturated carbocycles. The summed E-state index contributed by atoms with van der Waals surface area (Å²) in [7, 11) is 1.58. The molecule has 6 heteroatoms. The van der Waals surface area contributed by atoms with Crippen LogP contribution in [0.1, 0.15) is 10.4 Å². The molecule has 0 aliphatic rings. The zero-order chi connectivity index (χ0) is 14.7. The monoisotopic (exact) mass is 273 g/mol. The fourth-order valence-electron chi connectivity index (χ4n) is 1.79. The predicted molar refractivity (Wildman–Crippen MR) is 77.1 cm³/mol. The van der Waals surface area contributed by atoms with Crippen molar-refractivity contribution < 1.29 is 14.6 Å². The van der Waals surface area contributed by atoms with Gasteiger partial charge in [-0.1, -0.05) is 0 Å². The maximum absolute atomic E-state index is 10.9. The van der Waals surface area contributed by atoms with Crippen LogP contribution in [0.5, 0.6) is 5.75 Å². The van der Waals surface area contributed by atoms with Gasteiger partial charge in [0.25, 0.3) is 0 Å². The van der Waals surface area contributed by atoms with E-state index in [9.17, 15) is 4.79 Å². The van der Waals surface area contributed by atoms with Gasteiger partial charge in [0.15, 0.2) is 0 Å². The number of anilines is 3. The predicted octanol–water partition coefficient (Wildman–Crippen LogP) is 1.99. The number of hydrazine groups is 1. The Kier molecular flexibility index (Phi) is 3.76. The van der Waals surface area contributed by atoms with Crippen LogP contribution >= 0.6 is 0 Å². The molecule has 0 aliphatic heterocycles. The summed E-state index contributed by atoms with van der Waals surface area (Å²) in [5, 5.41) is 10.3. The van der Waals surface area contributed by atoms with Crippen molar-refractivity contribution in [2.24, 2.45) is 5.84 Å². The fraction of sp³-hybridized carbons (Fsp3) is 0.0714. The molecule has 0 fully saturated rings. The topological polar surface area (TPSA) is 102 Å². The molecule has 0 aliphatic carbocycles. The average molecular weight is 273 g/mol. The van der Waals surface area contributed by atoms with E-state index in [0.717, 1.165) is 5.75 Å². The minimum absolute atomic E-state index is 0.120. The number of benzene rings is 2. The second-order valence-corrected chi connectivity index (χ2v) is 4.15. The number of carboxylic acids is 1. The van der Waals surface area contributed by atoms with Crippen molar-refractivity contribution in [2.75, 3.05) is 17.9 Å². The van der Waals surface area contributed by atoms with Crippen molar-refractivity contribution >= 4 is 23.0 Å². The number of aromatic carboxylic acids is 1. The van der Waals surface area contributed by atoms with E-state index in [-0.39, 0.29) is 5.56 Å². The smallest absolute Gasteiger partial charge is 0.335 e. The first-order chi connectivity index (χ1) is 9.52. The van der Waals surface area contributed by atoms with Crippen LogP contribution in [0, 0.1) is 0 Å². The number of nitrogens with zero attached hydrogens (tertiary/aromatic N) is 1. The van der Waals surface area contributed by atoms with Crippen molar-refractivity contribution in [3.8, 4) is 5.75 Å². The molecule has 0 heterocycles. The first-order valence-corrected chi connectivity index (χ1v) is 5.84. The van der Waals surface area contributed by atoms with Crippen LogP contribution in [0.25, 0.3) is 0 Å². The van der Waals surface area contributed by atoms with Crippen LogP contribution < -0.4 is 21.3 Å². The van der Waals surface area contributed by atoms with Gasteiger partial charge in [-0.05, 0) is 42.5 Å². The van der Waals surface area contributed by atoms with Gasteiger partial charge in [0.1, 0.15) is 5.75 Å². The lowest BCUT2D eigenvalue weighted by atomic mass is 10.1. The highest BCUT2D eigenvalue weighted by Gasteiger charge is 2.11. The maximum Gasteiger partial charge on any atom is 0.335 e. The number of hydrogen-bond acceptors (Lipinski definition) is 5. The normalized spacial score (nSPS) is 10.1. The Morgan fingerprint density at radius 2 is 1.85 bits per heavy atom. The molecule has 0 amide bonds. The summed E-state index contributed by atoms with van der Waals surface area (Å²) in [6, 6.07) is 11.5. The van der Waals surface area contributed by atoms with Gasteiger partial charge in [-0.2, -0.15) is 0 Å². The Morgan fingerprint density at radius 1 is 1.20 bits per heavy atom. The van der Waals surface area contributed by atoms with E-state index in [1.54, 1.807) is 37.4 Å². The van der Waals surface area contributed by atoms with E-state index in [1.165, 1.54) is 17.1 Å². The third-order valence-corrected chi connectivity index (χ3v) is 2.88. The molecule has 0 aromatic heterocycles. The number of hydrogen-bond donors (Lipinski definition) is 3. The zero-order valence-electron chi connectivity index (χ0n) is 10.9. The van der Waals surface area contributed by atoms with E-state index in [1.807, 2.05) is 0 Å². The number of ether oxygens (including phenoxy) is 1. The first kappa shape index (κ1) is 13.7. The molecule has 0 radical (unpaired) electrons. The van der Waals surface area contributed by atoms with Crippen molar-refractivity contribution in [3.63, 3.8) is 0 Å². The van der Waals surface area contributed by atoms with Crippen LogP contribution in [0.3, 0.4) is 0 Å². The highest BCUT2D eigenvalue weighted by Crippen LogP contribution is 2.29. The number of carbonyl (C=O) groups is 1. The number of nitrogen functional groups attached to an aromatic ring is 1. The van der Waals surface area contributed by atoms with Crippen LogP contribution in [0.2, 0.25) is 0 Å². The third kappa shape index (κ3) is 2.65. The average Bonchev–Trinajstić information content (AvgIpc) is 2.46. The molecule has 2 aromatic rings. The van der Waals surface area contributed by atoms with Gasteiger partial charge in [0, 0.05) is 0 Å². The molecule has 0 atom stereocenters. The van der Waals surface area contributed by atoms with Gasteiger partial charge >= 0.3 is 5.97 Å². The molecule has 2 aromatic carbocycles. The Morgan fingerprint density at radius 3 is 2.35 bits per heavy atom. The fourth-order valence-corrected chi connectivity index (χ4v) is 1.79. The second kappa shape index (κ2) is 5.50. The van der Waals surface area contributed by atoms with Crippen molar-refractivity contribution in [1.29, 1.82) is 0 Å². The van der Waals surface area contributed by atoms with Gasteiger partial charge in [-0.15, -0.1) is 0 Å². The van der Waals surface area contributed by atoms with E-state index in [4.69, 9.17) is 21.4 Å². The minimum Gasteiger partial charge on any atom is -0.497 e. The maximum atomic E-state index is 10.9. The number of carboxylic acid groups (broad SMARTS) is 1. The van der Waals surface area contributed by atoms with E-state index >= 15 is 0 Å². The number of methoxy groups -OCH3 is 1. The Hall–Kier alpha value is -2.73. The van der Waals surface area contributed by atoms with E-state index in [2.05, 4.69) is 0 Å². The number of rotatable bonds is 4. The lowest BCUT2D eigenvalue weighted by molar-refractivity contribution is 0.0697. The Balaban J connectivity index is 2.32. The molecular formula is C14H15N3O3. The highest BCUT2D eigenvalue weighted by molar-refractivity contribution is 5.91. The summed E-state index contributed by atoms with van der Waals surface area (Å²) in [6.07, 6.45) is 0. The van der Waals surface area contributed by atoms with Gasteiger partial charge in [0.2, 0.25) is 0 Å². The summed E-state index contributed by atoms with van der Waals surface area (Å²) in [5.74, 6) is 5.69. The molecule has 0 unspecified atom stereocenters. The van der Waals surface area contributed by atoms with Crippen molar-refractivity contribution in [3.05, 3.63) is 48.0 Å². The van der Waals surface area contributed by atoms with Crippen LogP contribution in [-0.2, 0) is 0 Å². The quantitative estimate of drug-likeness (QED) is 0.447. The Bertz CT molecular complexity index is 626. The van der Waals surface area contributed by atoms with E-state index in [0.29, 0.717) is 17.1 Å². The second-order valence-electron chi connectivity index (χ2n) is 4.15. The van der Waals surface area contributed by atoms with Crippen LogP contribution in [-0.4, -0.2) is 18.2 Å². The summed E-state index contributed by atoms with van der Waals surface area (Å²) in [5.41, 5.74) is 7.50. The van der Waals surface area contributed by atoms with Crippen molar-refractivity contribution in [1.82, 2.24) is 0 Å². The lowest BCUT2D eigenvalue weighted by Crippen LogP contribution is -2.25. The van der Waals surface area contributed by atoms with Gasteiger partial charge in [0.05, 0.1) is 29.7 Å². The molecule has 20 heavy (non-hydrogen) atoms. The van der Waals surface area contributed by atoms with Crippen LogP contribution in [0.4, 0.5) is 17.1 Å². The summed E-state index contributed by atoms with van der Waals surface area (Å²) in [4.78, 5) is 10.9. The standard InChI is InChI=1S/C14H15N3O3/c1-20-11-5-3-10(4-6-11)17(16)13-7-2-9(14(18)19)8-12(13)15/h2-8H,15-16H2,1H3,(H,18,19). The zero-order valence-corrected chi connectivity index (χ0v) is 10.9. The van der Waals surface area contributed by atoms with Gasteiger partial charge in [-0.3, -0.25) is 5.01 Å². The third-order valence-electron chi connectivity index (χ3n) is 2.88. The van der Waals surface area contributed by atoms with Crippen LogP contribution in [0.15, 0.2) is 42.5 Å². The van der Waals surface area contributed by atoms with E-state index < -0.39 is 5.97 Å². The SMILES string of the molecule is COc1ccc(N(N)c2ccc(C(=O)O)cc2N)cc1. The summed E-state index contributed by atoms with van der Waals surface area (Å²) in [6.45, 7) is 0. The van der Waals surface area contributed by atoms with Gasteiger partial charge in [-0.25, -0.2) is 10.6 Å². The number of nitrogens with two attached hydrogens (primary N) is 2.